The van der Waals surface area contributed by atoms with Crippen LogP contribution in [0.1, 0.15) is 19.8 Å². The Labute approximate surface area is 81.6 Å². The number of nitrogens with zero attached hydrogens (tertiary/aromatic N) is 1. The maximum Gasteiger partial charge on any atom is 0.346 e. The number of aromatic nitrogens is 2. The molecule has 0 amide bonds. The molecule has 5 nitrogen and oxygen atoms in total. The lowest BCUT2D eigenvalue weighted by Gasteiger charge is -2.03. The summed E-state index contributed by atoms with van der Waals surface area (Å²) in [6, 6.07) is 1.68. The van der Waals surface area contributed by atoms with Crippen LogP contribution in [0.3, 0.4) is 0 Å². The van der Waals surface area contributed by atoms with Gasteiger partial charge in [-0.2, -0.15) is 0 Å². The molecule has 0 aliphatic rings. The molecule has 0 spiro atoms. The molecule has 1 aromatic heterocycles. The second-order valence-corrected chi connectivity index (χ2v) is 3.02. The van der Waals surface area contributed by atoms with Crippen molar-refractivity contribution < 1.29 is 4.79 Å². The summed E-state index contributed by atoms with van der Waals surface area (Å²) < 4.78 is 0. The van der Waals surface area contributed by atoms with Crippen LogP contribution in [-0.4, -0.2) is 22.3 Å². The zero-order chi connectivity index (χ0) is 10.4. The second-order valence-electron chi connectivity index (χ2n) is 3.02. The van der Waals surface area contributed by atoms with Crippen LogP contribution in [0.5, 0.6) is 0 Å². The van der Waals surface area contributed by atoms with Crippen LogP contribution in [0.25, 0.3) is 0 Å². The van der Waals surface area contributed by atoms with E-state index >= 15 is 0 Å². The standard InChI is InChI=1S/C9H13N3O2/c1-7(13)3-2-5-10-8-4-6-11-9(14)12-8/h4,6H,2-3,5H2,1H3,(H2,10,11,12,14). The Hall–Kier alpha value is -1.65. The number of hydrogen-bond acceptors (Lipinski definition) is 4. The maximum atomic E-state index is 10.8. The van der Waals surface area contributed by atoms with Crippen molar-refractivity contribution >= 4 is 11.6 Å². The Balaban J connectivity index is 2.31. The highest BCUT2D eigenvalue weighted by Crippen LogP contribution is 1.97. The highest BCUT2D eigenvalue weighted by atomic mass is 16.1. The van der Waals surface area contributed by atoms with Crippen molar-refractivity contribution in [2.45, 2.75) is 19.8 Å². The van der Waals surface area contributed by atoms with E-state index < -0.39 is 0 Å². The van der Waals surface area contributed by atoms with Crippen LogP contribution >= 0.6 is 0 Å². The maximum absolute atomic E-state index is 10.8. The van der Waals surface area contributed by atoms with Crippen molar-refractivity contribution in [3.05, 3.63) is 22.7 Å². The monoisotopic (exact) mass is 195 g/mol. The number of ketones is 1. The average molecular weight is 195 g/mol. The Morgan fingerprint density at radius 1 is 1.64 bits per heavy atom. The van der Waals surface area contributed by atoms with E-state index in [1.54, 1.807) is 13.0 Å². The number of H-pyrrole nitrogens is 1. The van der Waals surface area contributed by atoms with Crippen molar-refractivity contribution in [1.29, 1.82) is 0 Å². The van der Waals surface area contributed by atoms with Crippen molar-refractivity contribution in [2.24, 2.45) is 0 Å². The third-order valence-electron chi connectivity index (χ3n) is 1.70. The van der Waals surface area contributed by atoms with Gasteiger partial charge in [0.25, 0.3) is 0 Å². The van der Waals surface area contributed by atoms with Gasteiger partial charge in [0.15, 0.2) is 0 Å². The summed E-state index contributed by atoms with van der Waals surface area (Å²) in [7, 11) is 0. The third kappa shape index (κ3) is 3.84. The van der Waals surface area contributed by atoms with Gasteiger partial charge in [0, 0.05) is 19.2 Å². The van der Waals surface area contributed by atoms with Crippen molar-refractivity contribution in [1.82, 2.24) is 9.97 Å². The molecule has 0 fully saturated rings. The quantitative estimate of drug-likeness (QED) is 0.673. The summed E-state index contributed by atoms with van der Waals surface area (Å²) in [5.74, 6) is 0.809. The number of aromatic amines is 1. The molecule has 0 radical (unpaired) electrons. The van der Waals surface area contributed by atoms with Gasteiger partial charge in [-0.1, -0.05) is 0 Å². The van der Waals surface area contributed by atoms with Crippen LogP contribution in [0, 0.1) is 0 Å². The number of anilines is 1. The Morgan fingerprint density at radius 2 is 2.43 bits per heavy atom. The van der Waals surface area contributed by atoms with Crippen molar-refractivity contribution in [3.8, 4) is 0 Å². The minimum atomic E-state index is -0.374. The SMILES string of the molecule is CC(=O)CCCNc1ccnc(=O)[nH]1. The average Bonchev–Trinajstić information content (AvgIpc) is 2.12. The van der Waals surface area contributed by atoms with Gasteiger partial charge >= 0.3 is 5.69 Å². The molecule has 0 aliphatic carbocycles. The molecule has 76 valence electrons. The van der Waals surface area contributed by atoms with Gasteiger partial charge in [-0.15, -0.1) is 0 Å². The van der Waals surface area contributed by atoms with Gasteiger partial charge in [-0.05, 0) is 19.4 Å². The number of carbonyl (C=O) groups excluding carboxylic acids is 1. The molecule has 0 atom stereocenters. The third-order valence-corrected chi connectivity index (χ3v) is 1.70. The summed E-state index contributed by atoms with van der Waals surface area (Å²) in [6.07, 6.45) is 2.76. The fourth-order valence-electron chi connectivity index (χ4n) is 1.03. The van der Waals surface area contributed by atoms with E-state index in [0.29, 0.717) is 18.8 Å². The molecule has 0 saturated heterocycles. The molecule has 0 unspecified atom stereocenters. The van der Waals surface area contributed by atoms with Crippen LogP contribution < -0.4 is 11.0 Å². The first kappa shape index (κ1) is 10.4. The predicted octanol–water partition coefficient (Wildman–Crippen LogP) is 0.551. The molecule has 0 bridgehead atoms. The van der Waals surface area contributed by atoms with Crippen LogP contribution in [0.2, 0.25) is 0 Å². The molecule has 0 aromatic carbocycles. The number of nitrogens with one attached hydrogen (secondary N) is 2. The van der Waals surface area contributed by atoms with Gasteiger partial charge in [0.05, 0.1) is 0 Å². The summed E-state index contributed by atoms with van der Waals surface area (Å²) >= 11 is 0. The molecule has 1 heterocycles. The lowest BCUT2D eigenvalue weighted by atomic mass is 10.2. The molecule has 0 aliphatic heterocycles. The van der Waals surface area contributed by atoms with Crippen LogP contribution in [0.4, 0.5) is 5.82 Å². The van der Waals surface area contributed by atoms with E-state index in [-0.39, 0.29) is 11.5 Å². The highest BCUT2D eigenvalue weighted by molar-refractivity contribution is 5.75. The Kier molecular flexibility index (Phi) is 3.84. The Bertz CT molecular complexity index is 359. The summed E-state index contributed by atoms with van der Waals surface area (Å²) in [5.41, 5.74) is -0.374. The normalized spacial score (nSPS) is 9.79. The van der Waals surface area contributed by atoms with E-state index in [1.165, 1.54) is 6.20 Å². The van der Waals surface area contributed by atoms with Crippen molar-refractivity contribution in [3.63, 3.8) is 0 Å². The van der Waals surface area contributed by atoms with E-state index in [9.17, 15) is 9.59 Å². The summed E-state index contributed by atoms with van der Waals surface area (Å²) in [4.78, 5) is 27.4. The zero-order valence-electron chi connectivity index (χ0n) is 8.04. The molecule has 14 heavy (non-hydrogen) atoms. The molecular weight excluding hydrogens is 182 g/mol. The lowest BCUT2D eigenvalue weighted by molar-refractivity contribution is -0.117. The van der Waals surface area contributed by atoms with E-state index in [1.807, 2.05) is 0 Å². The summed E-state index contributed by atoms with van der Waals surface area (Å²) in [5, 5.41) is 2.99. The molecule has 1 aromatic rings. The van der Waals surface area contributed by atoms with Crippen LogP contribution in [-0.2, 0) is 4.79 Å². The van der Waals surface area contributed by atoms with Gasteiger partial charge in [-0.25, -0.2) is 9.78 Å². The van der Waals surface area contributed by atoms with E-state index in [0.717, 1.165) is 6.42 Å². The molecule has 1 rings (SSSR count). The smallest absolute Gasteiger partial charge is 0.346 e. The molecule has 0 saturated carbocycles. The fourth-order valence-corrected chi connectivity index (χ4v) is 1.03. The van der Waals surface area contributed by atoms with Crippen molar-refractivity contribution in [2.75, 3.05) is 11.9 Å². The summed E-state index contributed by atoms with van der Waals surface area (Å²) in [6.45, 7) is 2.23. The molecule has 2 N–H and O–H groups in total. The van der Waals surface area contributed by atoms with Gasteiger partial charge in [0.1, 0.15) is 11.6 Å². The molecular formula is C9H13N3O2. The van der Waals surface area contributed by atoms with Gasteiger partial charge in [0.2, 0.25) is 0 Å². The van der Waals surface area contributed by atoms with Gasteiger partial charge < -0.3 is 10.1 Å². The predicted molar refractivity (Wildman–Crippen MR) is 53.3 cm³/mol. The minimum Gasteiger partial charge on any atom is -0.371 e. The first-order valence-electron chi connectivity index (χ1n) is 4.47. The second kappa shape index (κ2) is 5.16. The highest BCUT2D eigenvalue weighted by Gasteiger charge is 1.94. The first-order valence-corrected chi connectivity index (χ1v) is 4.47. The number of Topliss-reactive ketones (excluding diaryl/α,β-unsaturated/α-hetero) is 1. The topological polar surface area (TPSA) is 74.8 Å². The Morgan fingerprint density at radius 3 is 3.07 bits per heavy atom. The number of carbonyl (C=O) groups is 1. The molecule has 5 heteroatoms. The first-order chi connectivity index (χ1) is 6.68. The van der Waals surface area contributed by atoms with Gasteiger partial charge in [-0.3, -0.25) is 4.98 Å². The van der Waals surface area contributed by atoms with Crippen LogP contribution in [0.15, 0.2) is 17.1 Å². The van der Waals surface area contributed by atoms with E-state index in [2.05, 4.69) is 15.3 Å². The minimum absolute atomic E-state index is 0.176. The zero-order valence-corrected chi connectivity index (χ0v) is 8.04. The largest absolute Gasteiger partial charge is 0.371 e. The lowest BCUT2D eigenvalue weighted by Crippen LogP contribution is -2.13. The number of hydrogen-bond donors (Lipinski definition) is 2. The van der Waals surface area contributed by atoms with E-state index in [4.69, 9.17) is 0 Å². The fraction of sp³-hybridized carbons (Fsp3) is 0.444. The number of rotatable bonds is 5.